The van der Waals surface area contributed by atoms with Crippen LogP contribution in [-0.2, 0) is 21.1 Å². The van der Waals surface area contributed by atoms with E-state index in [9.17, 15) is 17.6 Å². The summed E-state index contributed by atoms with van der Waals surface area (Å²) in [5.41, 5.74) is 0.347. The van der Waals surface area contributed by atoms with Gasteiger partial charge >= 0.3 is 0 Å². The van der Waals surface area contributed by atoms with Crippen molar-refractivity contribution in [1.82, 2.24) is 0 Å². The van der Waals surface area contributed by atoms with Crippen LogP contribution in [0.25, 0.3) is 0 Å². The van der Waals surface area contributed by atoms with Gasteiger partial charge in [0.15, 0.2) is 9.84 Å². The second kappa shape index (κ2) is 5.71. The molecular weight excluding hydrogens is 335 g/mol. The second-order valence-corrected chi connectivity index (χ2v) is 8.07. The smallest absolute Gasteiger partial charge is 0.150 e. The highest BCUT2D eigenvalue weighted by Crippen LogP contribution is 2.23. The third kappa shape index (κ3) is 4.11. The van der Waals surface area contributed by atoms with Crippen LogP contribution >= 0.6 is 15.9 Å². The summed E-state index contributed by atoms with van der Waals surface area (Å²) in [5, 5.41) is 0. The van der Waals surface area contributed by atoms with Gasteiger partial charge in [-0.1, -0.05) is 15.9 Å². The molecule has 1 aromatic carbocycles. The zero-order valence-electron chi connectivity index (χ0n) is 10.2. The fourth-order valence-electron chi connectivity index (χ4n) is 2.32. The highest BCUT2D eigenvalue weighted by atomic mass is 79.9. The lowest BCUT2D eigenvalue weighted by molar-refractivity contribution is -0.119. The summed E-state index contributed by atoms with van der Waals surface area (Å²) >= 11 is 3.23. The molecule has 0 saturated carbocycles. The van der Waals surface area contributed by atoms with E-state index in [1.807, 2.05) is 0 Å². The van der Waals surface area contributed by atoms with Crippen LogP contribution < -0.4 is 0 Å². The lowest BCUT2D eigenvalue weighted by atomic mass is 9.98. The van der Waals surface area contributed by atoms with Gasteiger partial charge < -0.3 is 0 Å². The van der Waals surface area contributed by atoms with Crippen LogP contribution in [-0.4, -0.2) is 25.7 Å². The summed E-state index contributed by atoms with van der Waals surface area (Å²) < 4.78 is 36.8. The molecule has 1 aliphatic heterocycles. The molecule has 1 aromatic rings. The topological polar surface area (TPSA) is 51.2 Å². The minimum Gasteiger partial charge on any atom is -0.299 e. The molecule has 0 N–H and O–H groups in total. The lowest BCUT2D eigenvalue weighted by Crippen LogP contribution is -2.13. The van der Waals surface area contributed by atoms with Crippen LogP contribution in [0.3, 0.4) is 0 Å². The van der Waals surface area contributed by atoms with Gasteiger partial charge in [-0.25, -0.2) is 12.8 Å². The van der Waals surface area contributed by atoms with Crippen LogP contribution in [0.2, 0.25) is 0 Å². The number of ketones is 1. The average molecular weight is 349 g/mol. The first-order chi connectivity index (χ1) is 8.85. The van der Waals surface area contributed by atoms with Gasteiger partial charge in [0, 0.05) is 17.3 Å². The molecule has 0 aromatic heterocycles. The molecule has 3 nitrogen and oxygen atoms in total. The summed E-state index contributed by atoms with van der Waals surface area (Å²) in [5.74, 6) is -0.377. The minimum absolute atomic E-state index is 0.0157. The van der Waals surface area contributed by atoms with E-state index in [2.05, 4.69) is 15.9 Å². The zero-order chi connectivity index (χ0) is 14.0. The largest absolute Gasteiger partial charge is 0.299 e. The number of Topliss-reactive ketones (excluding diaryl/α,β-unsaturated/α-hetero) is 1. The van der Waals surface area contributed by atoms with Crippen molar-refractivity contribution in [2.75, 3.05) is 11.5 Å². The van der Waals surface area contributed by atoms with Gasteiger partial charge in [-0.2, -0.15) is 0 Å². The van der Waals surface area contributed by atoms with Crippen molar-refractivity contribution in [3.05, 3.63) is 34.1 Å². The van der Waals surface area contributed by atoms with Crippen molar-refractivity contribution >= 4 is 31.6 Å². The number of rotatable bonds is 4. The van der Waals surface area contributed by atoms with Crippen molar-refractivity contribution in [3.63, 3.8) is 0 Å². The molecule has 0 amide bonds. The Morgan fingerprint density at radius 3 is 2.79 bits per heavy atom. The number of sulfone groups is 1. The van der Waals surface area contributed by atoms with E-state index in [0.29, 0.717) is 12.0 Å². The Bertz CT molecular complexity index is 598. The Balaban J connectivity index is 1.97. The molecule has 19 heavy (non-hydrogen) atoms. The van der Waals surface area contributed by atoms with E-state index in [1.54, 1.807) is 12.1 Å². The molecule has 1 fully saturated rings. The monoisotopic (exact) mass is 348 g/mol. The van der Waals surface area contributed by atoms with Crippen LogP contribution in [0.5, 0.6) is 0 Å². The van der Waals surface area contributed by atoms with E-state index in [-0.39, 0.29) is 36.0 Å². The van der Waals surface area contributed by atoms with Gasteiger partial charge in [-0.3, -0.25) is 4.79 Å². The van der Waals surface area contributed by atoms with Crippen LogP contribution in [0.4, 0.5) is 4.39 Å². The zero-order valence-corrected chi connectivity index (χ0v) is 12.6. The first kappa shape index (κ1) is 14.7. The van der Waals surface area contributed by atoms with E-state index in [1.165, 1.54) is 6.07 Å². The third-order valence-electron chi connectivity index (χ3n) is 3.24. The van der Waals surface area contributed by atoms with Crippen LogP contribution in [0.15, 0.2) is 22.7 Å². The van der Waals surface area contributed by atoms with Gasteiger partial charge in [0.25, 0.3) is 0 Å². The molecule has 1 saturated heterocycles. The van der Waals surface area contributed by atoms with Gasteiger partial charge in [0.05, 0.1) is 11.5 Å². The number of benzene rings is 1. The second-order valence-electron chi connectivity index (χ2n) is 4.92. The first-order valence-corrected chi connectivity index (χ1v) is 8.63. The number of halogens is 2. The Kier molecular flexibility index (Phi) is 4.40. The van der Waals surface area contributed by atoms with Crippen molar-refractivity contribution in [2.45, 2.75) is 19.3 Å². The Morgan fingerprint density at radius 2 is 2.16 bits per heavy atom. The molecule has 104 valence electrons. The number of carbonyl (C=O) groups is 1. The minimum atomic E-state index is -2.96. The predicted octanol–water partition coefficient (Wildman–Crippen LogP) is 2.52. The molecule has 0 radical (unpaired) electrons. The van der Waals surface area contributed by atoms with Crippen LogP contribution in [0.1, 0.15) is 18.4 Å². The Hall–Kier alpha value is -0.750. The van der Waals surface area contributed by atoms with Gasteiger partial charge in [-0.15, -0.1) is 0 Å². The summed E-state index contributed by atoms with van der Waals surface area (Å²) in [6.45, 7) is 0. The fourth-order valence-corrected chi connectivity index (χ4v) is 4.59. The molecule has 0 spiro atoms. The molecule has 0 aliphatic carbocycles. The molecule has 0 bridgehead atoms. The van der Waals surface area contributed by atoms with E-state index >= 15 is 0 Å². The highest BCUT2D eigenvalue weighted by Gasteiger charge is 2.29. The standard InChI is InChI=1S/C13H14BrFO3S/c14-11-1-2-13(15)10(6-11)7-12(16)5-9-3-4-19(17,18)8-9/h1-2,6,9H,3-5,7-8H2. The Morgan fingerprint density at radius 1 is 1.42 bits per heavy atom. The number of hydrogen-bond acceptors (Lipinski definition) is 3. The summed E-state index contributed by atoms with van der Waals surface area (Å²) in [6, 6.07) is 4.47. The molecule has 2 rings (SSSR count). The SMILES string of the molecule is O=C(Cc1cc(Br)ccc1F)CC1CCS(=O)(=O)C1. The van der Waals surface area contributed by atoms with Crippen molar-refractivity contribution < 1.29 is 17.6 Å². The molecule has 1 atom stereocenters. The molecular formula is C13H14BrFO3S. The summed E-state index contributed by atoms with van der Waals surface area (Å²) in [4.78, 5) is 11.9. The highest BCUT2D eigenvalue weighted by molar-refractivity contribution is 9.10. The van der Waals surface area contributed by atoms with Gasteiger partial charge in [0.1, 0.15) is 11.6 Å². The van der Waals surface area contributed by atoms with Gasteiger partial charge in [0.2, 0.25) is 0 Å². The summed E-state index contributed by atoms with van der Waals surface area (Å²) in [7, 11) is -2.96. The van der Waals surface area contributed by atoms with E-state index < -0.39 is 15.7 Å². The van der Waals surface area contributed by atoms with E-state index in [0.717, 1.165) is 4.47 Å². The quantitative estimate of drug-likeness (QED) is 0.839. The maximum Gasteiger partial charge on any atom is 0.150 e. The molecule has 6 heteroatoms. The average Bonchev–Trinajstić information content (AvgIpc) is 2.63. The predicted molar refractivity (Wildman–Crippen MR) is 74.2 cm³/mol. The van der Waals surface area contributed by atoms with Crippen molar-refractivity contribution in [1.29, 1.82) is 0 Å². The number of carbonyl (C=O) groups excluding carboxylic acids is 1. The van der Waals surface area contributed by atoms with Crippen molar-refractivity contribution in [2.24, 2.45) is 5.92 Å². The summed E-state index contributed by atoms with van der Waals surface area (Å²) in [6.07, 6.45) is 0.766. The first-order valence-electron chi connectivity index (χ1n) is 6.02. The maximum atomic E-state index is 13.5. The lowest BCUT2D eigenvalue weighted by Gasteiger charge is -2.07. The normalized spacial score (nSPS) is 21.5. The maximum absolute atomic E-state index is 13.5. The number of hydrogen-bond donors (Lipinski definition) is 0. The van der Waals surface area contributed by atoms with Crippen molar-refractivity contribution in [3.8, 4) is 0 Å². The fraction of sp³-hybridized carbons (Fsp3) is 0.462. The Labute approximate surface area is 120 Å². The molecule has 1 heterocycles. The van der Waals surface area contributed by atoms with Crippen LogP contribution in [0, 0.1) is 11.7 Å². The third-order valence-corrected chi connectivity index (χ3v) is 5.57. The van der Waals surface area contributed by atoms with E-state index in [4.69, 9.17) is 0 Å². The van der Waals surface area contributed by atoms with Gasteiger partial charge in [-0.05, 0) is 36.1 Å². The molecule has 1 aliphatic rings. The molecule has 1 unspecified atom stereocenters.